The number of phenols is 1. The Balaban J connectivity index is 0.00000144. The highest BCUT2D eigenvalue weighted by atomic mass is 35.5. The highest BCUT2D eigenvalue weighted by Crippen LogP contribution is 2.36. The monoisotopic (exact) mass is 292 g/mol. The summed E-state index contributed by atoms with van der Waals surface area (Å²) in [6.45, 7) is 0.625. The van der Waals surface area contributed by atoms with E-state index in [1.54, 1.807) is 0 Å². The van der Waals surface area contributed by atoms with E-state index >= 15 is 0 Å². The van der Waals surface area contributed by atoms with Crippen LogP contribution in [-0.4, -0.2) is 17.1 Å². The van der Waals surface area contributed by atoms with E-state index in [0.29, 0.717) is 22.5 Å². The van der Waals surface area contributed by atoms with Gasteiger partial charge < -0.3 is 10.4 Å². The average molecular weight is 294 g/mol. The molecule has 0 unspecified atom stereocenters. The third-order valence-electron chi connectivity index (χ3n) is 2.27. The fourth-order valence-electron chi connectivity index (χ4n) is 1.52. The Morgan fingerprint density at radius 1 is 1.29 bits per heavy atom. The van der Waals surface area contributed by atoms with E-state index in [-0.39, 0.29) is 23.2 Å². The first kappa shape index (κ1) is 14.3. The second-order valence-electron chi connectivity index (χ2n) is 3.42. The molecule has 1 aromatic carbocycles. The van der Waals surface area contributed by atoms with Crippen LogP contribution in [0.2, 0.25) is 10.0 Å². The Hall–Kier alpha value is -0.740. The Bertz CT molecular complexity index is 546. The van der Waals surface area contributed by atoms with E-state index in [2.05, 4.69) is 10.3 Å². The fraction of sp³-hybridized carbons (Fsp3) is 0.182. The molecule has 0 spiro atoms. The third kappa shape index (κ3) is 2.75. The van der Waals surface area contributed by atoms with Crippen LogP contribution in [-0.2, 0) is 6.54 Å². The van der Waals surface area contributed by atoms with Crippen molar-refractivity contribution >= 4 is 46.5 Å². The molecule has 0 fully saturated rings. The molecule has 0 aliphatic heterocycles. The van der Waals surface area contributed by atoms with Crippen LogP contribution in [0.25, 0.3) is 10.9 Å². The first-order chi connectivity index (χ1) is 7.63. The number of pyridine rings is 1. The number of aromatic hydroxyl groups is 1. The molecule has 3 nitrogen and oxygen atoms in total. The van der Waals surface area contributed by atoms with E-state index in [0.717, 1.165) is 5.69 Å². The number of nitrogens with one attached hydrogen (secondary N) is 1. The van der Waals surface area contributed by atoms with Gasteiger partial charge in [0, 0.05) is 11.9 Å². The van der Waals surface area contributed by atoms with E-state index in [1.165, 1.54) is 6.07 Å². The maximum absolute atomic E-state index is 9.80. The van der Waals surface area contributed by atoms with Crippen LogP contribution < -0.4 is 5.32 Å². The molecule has 1 heterocycles. The van der Waals surface area contributed by atoms with Gasteiger partial charge in [-0.1, -0.05) is 23.2 Å². The Kier molecular flexibility index (Phi) is 4.83. The summed E-state index contributed by atoms with van der Waals surface area (Å²) in [6, 6.07) is 5.20. The molecule has 17 heavy (non-hydrogen) atoms. The molecule has 0 radical (unpaired) electrons. The van der Waals surface area contributed by atoms with Gasteiger partial charge in [-0.15, -0.1) is 12.4 Å². The number of rotatable bonds is 2. The van der Waals surface area contributed by atoms with Crippen molar-refractivity contribution in [2.75, 3.05) is 7.05 Å². The summed E-state index contributed by atoms with van der Waals surface area (Å²) in [5, 5.41) is 14.2. The van der Waals surface area contributed by atoms with Crippen molar-refractivity contribution in [2.24, 2.45) is 0 Å². The minimum Gasteiger partial charge on any atom is -0.504 e. The Morgan fingerprint density at radius 3 is 2.65 bits per heavy atom. The third-order valence-corrected chi connectivity index (χ3v) is 2.87. The van der Waals surface area contributed by atoms with Crippen LogP contribution in [0.15, 0.2) is 18.2 Å². The summed E-state index contributed by atoms with van der Waals surface area (Å²) >= 11 is 11.8. The number of hydrogen-bond donors (Lipinski definition) is 2. The zero-order chi connectivity index (χ0) is 11.7. The molecule has 2 N–H and O–H groups in total. The molecule has 0 saturated carbocycles. The highest BCUT2D eigenvalue weighted by molar-refractivity contribution is 6.39. The van der Waals surface area contributed by atoms with Crippen LogP contribution in [0.5, 0.6) is 5.75 Å². The van der Waals surface area contributed by atoms with Crippen LogP contribution in [0, 0.1) is 0 Å². The lowest BCUT2D eigenvalue weighted by Crippen LogP contribution is -2.06. The summed E-state index contributed by atoms with van der Waals surface area (Å²) in [6.07, 6.45) is 0. The standard InChI is InChI=1S/C11H10Cl2N2O.ClH/c1-14-5-6-2-3-7-8(12)4-9(13)11(16)10(7)15-6;/h2-4,14,16H,5H2,1H3;1H. The molecule has 0 amide bonds. The molecule has 6 heteroatoms. The lowest BCUT2D eigenvalue weighted by molar-refractivity contribution is 0.480. The number of nitrogens with zero attached hydrogens (tertiary/aromatic N) is 1. The maximum Gasteiger partial charge on any atom is 0.160 e. The summed E-state index contributed by atoms with van der Waals surface area (Å²) in [7, 11) is 1.83. The Morgan fingerprint density at radius 2 is 2.00 bits per heavy atom. The van der Waals surface area contributed by atoms with Gasteiger partial charge in [-0.05, 0) is 25.2 Å². The second-order valence-corrected chi connectivity index (χ2v) is 4.23. The van der Waals surface area contributed by atoms with E-state index in [4.69, 9.17) is 23.2 Å². The molecule has 0 aliphatic carbocycles. The molecule has 0 saturated heterocycles. The number of benzene rings is 1. The lowest BCUT2D eigenvalue weighted by atomic mass is 10.2. The molecule has 0 atom stereocenters. The van der Waals surface area contributed by atoms with Gasteiger partial charge in [-0.2, -0.15) is 0 Å². The minimum atomic E-state index is -0.0287. The quantitative estimate of drug-likeness (QED) is 0.892. The first-order valence-electron chi connectivity index (χ1n) is 4.74. The van der Waals surface area contributed by atoms with Crippen molar-refractivity contribution in [1.82, 2.24) is 10.3 Å². The van der Waals surface area contributed by atoms with Crippen molar-refractivity contribution in [1.29, 1.82) is 0 Å². The molecular formula is C11H11Cl3N2O. The largest absolute Gasteiger partial charge is 0.504 e. The van der Waals surface area contributed by atoms with Gasteiger partial charge in [-0.3, -0.25) is 0 Å². The number of hydrogen-bond acceptors (Lipinski definition) is 3. The minimum absolute atomic E-state index is 0. The van der Waals surface area contributed by atoms with Crippen LogP contribution in [0.4, 0.5) is 0 Å². The molecule has 2 aromatic rings. The van der Waals surface area contributed by atoms with Gasteiger partial charge in [0.15, 0.2) is 5.75 Å². The molecule has 1 aromatic heterocycles. The van der Waals surface area contributed by atoms with Gasteiger partial charge >= 0.3 is 0 Å². The number of fused-ring (bicyclic) bond motifs is 1. The summed E-state index contributed by atoms with van der Waals surface area (Å²) in [4.78, 5) is 4.30. The van der Waals surface area contributed by atoms with Crippen molar-refractivity contribution < 1.29 is 5.11 Å². The first-order valence-corrected chi connectivity index (χ1v) is 5.50. The smallest absolute Gasteiger partial charge is 0.160 e. The SMILES string of the molecule is CNCc1ccc2c(Cl)cc(Cl)c(O)c2n1.Cl. The second kappa shape index (κ2) is 5.74. The predicted molar refractivity (Wildman–Crippen MR) is 73.4 cm³/mol. The van der Waals surface area contributed by atoms with E-state index < -0.39 is 0 Å². The van der Waals surface area contributed by atoms with Crippen LogP contribution in [0.1, 0.15) is 5.69 Å². The zero-order valence-electron chi connectivity index (χ0n) is 9.00. The highest BCUT2D eigenvalue weighted by Gasteiger charge is 2.10. The molecule has 0 aliphatic rings. The van der Waals surface area contributed by atoms with E-state index in [9.17, 15) is 5.11 Å². The van der Waals surface area contributed by atoms with Gasteiger partial charge in [0.2, 0.25) is 0 Å². The van der Waals surface area contributed by atoms with Gasteiger partial charge in [0.05, 0.1) is 15.7 Å². The van der Waals surface area contributed by atoms with Crippen LogP contribution in [0.3, 0.4) is 0 Å². The van der Waals surface area contributed by atoms with Crippen molar-refractivity contribution in [3.05, 3.63) is 33.9 Å². The average Bonchev–Trinajstić information content (AvgIpc) is 2.26. The summed E-state index contributed by atoms with van der Waals surface area (Å²) in [5.74, 6) is -0.0287. The molecule has 92 valence electrons. The number of phenolic OH excluding ortho intramolecular Hbond substituents is 1. The van der Waals surface area contributed by atoms with E-state index in [1.807, 2.05) is 19.2 Å². The zero-order valence-corrected chi connectivity index (χ0v) is 11.3. The van der Waals surface area contributed by atoms with Gasteiger partial charge in [0.25, 0.3) is 0 Å². The van der Waals surface area contributed by atoms with Gasteiger partial charge in [-0.25, -0.2) is 4.98 Å². The van der Waals surface area contributed by atoms with Crippen molar-refractivity contribution in [3.8, 4) is 5.75 Å². The normalized spacial score (nSPS) is 10.3. The Labute approximate surface area is 115 Å². The van der Waals surface area contributed by atoms with Crippen LogP contribution >= 0.6 is 35.6 Å². The van der Waals surface area contributed by atoms with Crippen molar-refractivity contribution in [2.45, 2.75) is 6.54 Å². The number of aromatic nitrogens is 1. The maximum atomic E-state index is 9.80. The molecule has 2 rings (SSSR count). The molecular weight excluding hydrogens is 282 g/mol. The number of halogens is 3. The van der Waals surface area contributed by atoms with Crippen molar-refractivity contribution in [3.63, 3.8) is 0 Å². The summed E-state index contributed by atoms with van der Waals surface area (Å²) in [5.41, 5.74) is 1.26. The van der Waals surface area contributed by atoms with Gasteiger partial charge in [0.1, 0.15) is 5.52 Å². The predicted octanol–water partition coefficient (Wildman–Crippen LogP) is 3.39. The summed E-state index contributed by atoms with van der Waals surface area (Å²) < 4.78 is 0. The fourth-order valence-corrected chi connectivity index (χ4v) is 2.04. The molecule has 0 bridgehead atoms. The topological polar surface area (TPSA) is 45.1 Å². The lowest BCUT2D eigenvalue weighted by Gasteiger charge is -2.07.